The Morgan fingerprint density at radius 3 is 2.48 bits per heavy atom. The molecule has 0 saturated heterocycles. The molecule has 0 fully saturated rings. The number of esters is 1. The maximum absolute atomic E-state index is 11.7. The summed E-state index contributed by atoms with van der Waals surface area (Å²) >= 11 is 11.7. The molecule has 1 amide bonds. The highest BCUT2D eigenvalue weighted by molar-refractivity contribution is 6.35. The SMILES string of the molecule is CC(C)[C@H](C)NC(=O)COC(=O)Cc1ccc(Cl)cc1Cl. The highest BCUT2D eigenvalue weighted by Gasteiger charge is 2.14. The van der Waals surface area contributed by atoms with Gasteiger partial charge in [-0.05, 0) is 30.5 Å². The molecule has 0 radical (unpaired) electrons. The monoisotopic (exact) mass is 331 g/mol. The van der Waals surface area contributed by atoms with Crippen molar-refractivity contribution in [3.8, 4) is 0 Å². The fourth-order valence-electron chi connectivity index (χ4n) is 1.48. The van der Waals surface area contributed by atoms with Crippen molar-refractivity contribution in [1.29, 1.82) is 0 Å². The predicted octanol–water partition coefficient (Wildman–Crippen LogP) is 3.24. The molecule has 6 heteroatoms. The zero-order chi connectivity index (χ0) is 16.0. The average Bonchev–Trinajstić information content (AvgIpc) is 2.39. The molecule has 0 unspecified atom stereocenters. The molecule has 1 aromatic rings. The lowest BCUT2D eigenvalue weighted by Gasteiger charge is -2.17. The van der Waals surface area contributed by atoms with Crippen LogP contribution in [0.3, 0.4) is 0 Å². The number of halogens is 2. The first-order valence-corrected chi connectivity index (χ1v) is 7.44. The topological polar surface area (TPSA) is 55.4 Å². The molecule has 1 N–H and O–H groups in total. The highest BCUT2D eigenvalue weighted by atomic mass is 35.5. The third-order valence-corrected chi connectivity index (χ3v) is 3.69. The smallest absolute Gasteiger partial charge is 0.310 e. The summed E-state index contributed by atoms with van der Waals surface area (Å²) in [7, 11) is 0. The van der Waals surface area contributed by atoms with Crippen LogP contribution in [0.4, 0.5) is 0 Å². The van der Waals surface area contributed by atoms with Gasteiger partial charge in [0.05, 0.1) is 6.42 Å². The van der Waals surface area contributed by atoms with Gasteiger partial charge in [-0.15, -0.1) is 0 Å². The van der Waals surface area contributed by atoms with E-state index in [1.807, 2.05) is 20.8 Å². The zero-order valence-electron chi connectivity index (χ0n) is 12.3. The molecule has 116 valence electrons. The van der Waals surface area contributed by atoms with Gasteiger partial charge in [0.2, 0.25) is 0 Å². The number of nitrogens with one attached hydrogen (secondary N) is 1. The van der Waals surface area contributed by atoms with Crippen molar-refractivity contribution in [2.24, 2.45) is 5.92 Å². The van der Waals surface area contributed by atoms with Gasteiger partial charge in [0.1, 0.15) is 0 Å². The molecule has 0 saturated carbocycles. The summed E-state index contributed by atoms with van der Waals surface area (Å²) in [6.45, 7) is 5.61. The normalized spacial score (nSPS) is 12.1. The summed E-state index contributed by atoms with van der Waals surface area (Å²) < 4.78 is 4.93. The van der Waals surface area contributed by atoms with Gasteiger partial charge >= 0.3 is 5.97 Å². The van der Waals surface area contributed by atoms with Gasteiger partial charge in [-0.2, -0.15) is 0 Å². The lowest BCUT2D eigenvalue weighted by Crippen LogP contribution is -2.38. The van der Waals surface area contributed by atoms with Crippen LogP contribution in [-0.2, 0) is 20.7 Å². The molecule has 21 heavy (non-hydrogen) atoms. The lowest BCUT2D eigenvalue weighted by atomic mass is 10.1. The van der Waals surface area contributed by atoms with E-state index in [2.05, 4.69) is 5.32 Å². The Morgan fingerprint density at radius 2 is 1.90 bits per heavy atom. The summed E-state index contributed by atoms with van der Waals surface area (Å²) in [6, 6.07) is 4.89. The number of carbonyl (C=O) groups is 2. The summed E-state index contributed by atoms with van der Waals surface area (Å²) in [5.74, 6) is -0.504. The van der Waals surface area contributed by atoms with E-state index in [4.69, 9.17) is 27.9 Å². The fraction of sp³-hybridized carbons (Fsp3) is 0.467. The Kier molecular flexibility index (Phi) is 6.99. The summed E-state index contributed by atoms with van der Waals surface area (Å²) in [4.78, 5) is 23.3. The number of amides is 1. The van der Waals surface area contributed by atoms with Gasteiger partial charge in [-0.25, -0.2) is 0 Å². The van der Waals surface area contributed by atoms with Crippen molar-refractivity contribution in [3.05, 3.63) is 33.8 Å². The van der Waals surface area contributed by atoms with Crippen LogP contribution in [0.5, 0.6) is 0 Å². The number of carbonyl (C=O) groups excluding carboxylic acids is 2. The Morgan fingerprint density at radius 1 is 1.24 bits per heavy atom. The van der Waals surface area contributed by atoms with Gasteiger partial charge in [0, 0.05) is 16.1 Å². The van der Waals surface area contributed by atoms with E-state index in [-0.39, 0.29) is 25.0 Å². The number of hydrogen-bond donors (Lipinski definition) is 1. The van der Waals surface area contributed by atoms with Crippen molar-refractivity contribution < 1.29 is 14.3 Å². The molecule has 0 aliphatic carbocycles. The minimum absolute atomic E-state index is 0.00299. The number of ether oxygens (including phenoxy) is 1. The van der Waals surface area contributed by atoms with E-state index in [0.717, 1.165) is 0 Å². The van der Waals surface area contributed by atoms with Gasteiger partial charge in [-0.3, -0.25) is 9.59 Å². The number of benzene rings is 1. The van der Waals surface area contributed by atoms with Crippen LogP contribution in [-0.4, -0.2) is 24.5 Å². The third kappa shape index (κ3) is 6.36. The van der Waals surface area contributed by atoms with E-state index < -0.39 is 5.97 Å². The van der Waals surface area contributed by atoms with Crippen LogP contribution in [0.1, 0.15) is 26.3 Å². The molecular weight excluding hydrogens is 313 g/mol. The molecule has 0 heterocycles. The first-order valence-electron chi connectivity index (χ1n) is 6.68. The first-order chi connectivity index (χ1) is 9.79. The lowest BCUT2D eigenvalue weighted by molar-refractivity contribution is -0.148. The molecule has 1 rings (SSSR count). The van der Waals surface area contributed by atoms with Crippen LogP contribution in [0.15, 0.2) is 18.2 Å². The van der Waals surface area contributed by atoms with Crippen molar-refractivity contribution in [2.75, 3.05) is 6.61 Å². The molecule has 0 aromatic heterocycles. The fourth-order valence-corrected chi connectivity index (χ4v) is 1.96. The van der Waals surface area contributed by atoms with Gasteiger partial charge in [0.15, 0.2) is 6.61 Å². The first kappa shape index (κ1) is 17.8. The standard InChI is InChI=1S/C15H19Cl2NO3/c1-9(2)10(3)18-14(19)8-21-15(20)6-11-4-5-12(16)7-13(11)17/h4-5,7,9-10H,6,8H2,1-3H3,(H,18,19)/t10-/m0/s1. The van der Waals surface area contributed by atoms with E-state index in [1.54, 1.807) is 18.2 Å². The Hall–Kier alpha value is -1.26. The van der Waals surface area contributed by atoms with Crippen LogP contribution in [0.2, 0.25) is 10.0 Å². The quantitative estimate of drug-likeness (QED) is 0.814. The minimum atomic E-state index is -0.508. The maximum atomic E-state index is 11.7. The minimum Gasteiger partial charge on any atom is -0.455 e. The zero-order valence-corrected chi connectivity index (χ0v) is 13.8. The molecule has 0 aliphatic rings. The van der Waals surface area contributed by atoms with Crippen LogP contribution >= 0.6 is 23.2 Å². The van der Waals surface area contributed by atoms with Crippen molar-refractivity contribution in [3.63, 3.8) is 0 Å². The number of rotatable bonds is 6. The predicted molar refractivity (Wildman–Crippen MR) is 83.6 cm³/mol. The molecule has 1 aromatic carbocycles. The molecule has 1 atom stereocenters. The second-order valence-electron chi connectivity index (χ2n) is 5.17. The van der Waals surface area contributed by atoms with E-state index >= 15 is 0 Å². The Balaban J connectivity index is 2.42. The summed E-state index contributed by atoms with van der Waals surface area (Å²) in [6.07, 6.45) is 0.00299. The Labute approximate surface area is 134 Å². The van der Waals surface area contributed by atoms with E-state index in [0.29, 0.717) is 21.5 Å². The van der Waals surface area contributed by atoms with Crippen LogP contribution < -0.4 is 5.32 Å². The van der Waals surface area contributed by atoms with Crippen molar-refractivity contribution in [2.45, 2.75) is 33.2 Å². The van der Waals surface area contributed by atoms with Crippen molar-refractivity contribution in [1.82, 2.24) is 5.32 Å². The Bertz CT molecular complexity index is 518. The molecular formula is C15H19Cl2NO3. The average molecular weight is 332 g/mol. The molecule has 0 aliphatic heterocycles. The van der Waals surface area contributed by atoms with Crippen molar-refractivity contribution >= 4 is 35.1 Å². The molecule has 4 nitrogen and oxygen atoms in total. The largest absolute Gasteiger partial charge is 0.455 e. The summed E-state index contributed by atoms with van der Waals surface area (Å²) in [5.41, 5.74) is 0.613. The van der Waals surface area contributed by atoms with E-state index in [1.165, 1.54) is 0 Å². The van der Waals surface area contributed by atoms with Crippen LogP contribution in [0.25, 0.3) is 0 Å². The second-order valence-corrected chi connectivity index (χ2v) is 6.02. The van der Waals surface area contributed by atoms with Gasteiger partial charge in [-0.1, -0.05) is 43.1 Å². The second kappa shape index (κ2) is 8.25. The molecule has 0 bridgehead atoms. The maximum Gasteiger partial charge on any atom is 0.310 e. The summed E-state index contributed by atoms with van der Waals surface area (Å²) in [5, 5.41) is 3.66. The van der Waals surface area contributed by atoms with E-state index in [9.17, 15) is 9.59 Å². The third-order valence-electron chi connectivity index (χ3n) is 3.10. The van der Waals surface area contributed by atoms with Gasteiger partial charge in [0.25, 0.3) is 5.91 Å². The van der Waals surface area contributed by atoms with Crippen LogP contribution in [0, 0.1) is 5.92 Å². The highest BCUT2D eigenvalue weighted by Crippen LogP contribution is 2.21. The number of hydrogen-bond acceptors (Lipinski definition) is 3. The molecule has 0 spiro atoms. The van der Waals surface area contributed by atoms with Gasteiger partial charge < -0.3 is 10.1 Å².